The number of amidine groups is 1. The fraction of sp³-hybridized carbons (Fsp3) is 0.103. The number of sulfone groups is 1. The molecule has 8 nitrogen and oxygen atoms in total. The van der Waals surface area contributed by atoms with Gasteiger partial charge in [-0.15, -0.1) is 0 Å². The smallest absolute Gasteiger partial charge is 0.384 e. The van der Waals surface area contributed by atoms with Crippen molar-refractivity contribution in [1.82, 2.24) is 5.01 Å². The molecule has 0 saturated carbocycles. The molecule has 41 heavy (non-hydrogen) atoms. The van der Waals surface area contributed by atoms with Gasteiger partial charge >= 0.3 is 12.2 Å². The first-order valence-electron chi connectivity index (χ1n) is 12.2. The fourth-order valence-electron chi connectivity index (χ4n) is 4.13. The molecular formula is C29H26F3N5O3S. The first-order valence-corrected chi connectivity index (χ1v) is 14.1. The molecule has 0 saturated heterocycles. The number of nitrogens with zero attached hydrogens (tertiary/aromatic N) is 1. The summed E-state index contributed by atoms with van der Waals surface area (Å²) in [5, 5.41) is 11.3. The number of benzene rings is 4. The Kier molecular flexibility index (Phi) is 8.33. The maximum Gasteiger partial charge on any atom is 0.416 e. The second-order valence-electron chi connectivity index (χ2n) is 9.12. The number of nitrogens with one attached hydrogen (secondary N) is 3. The lowest BCUT2D eigenvalue weighted by Gasteiger charge is -2.26. The van der Waals surface area contributed by atoms with Gasteiger partial charge in [0.25, 0.3) is 0 Å². The maximum absolute atomic E-state index is 13.7. The monoisotopic (exact) mass is 581 g/mol. The van der Waals surface area contributed by atoms with E-state index in [4.69, 9.17) is 11.1 Å². The normalized spacial score (nSPS) is 11.5. The number of amides is 2. The fourth-order valence-corrected chi connectivity index (χ4v) is 5.04. The third-order valence-electron chi connectivity index (χ3n) is 6.07. The van der Waals surface area contributed by atoms with Gasteiger partial charge in [-0.1, -0.05) is 60.7 Å². The minimum absolute atomic E-state index is 0.141. The second kappa shape index (κ2) is 11.7. The van der Waals surface area contributed by atoms with Crippen molar-refractivity contribution in [3.05, 3.63) is 114 Å². The second-order valence-corrected chi connectivity index (χ2v) is 11.1. The number of halogens is 3. The molecule has 0 fully saturated rings. The number of anilines is 2. The lowest BCUT2D eigenvalue weighted by atomic mass is 10.1. The largest absolute Gasteiger partial charge is 0.416 e. The Hall–Kier alpha value is -4.84. The summed E-state index contributed by atoms with van der Waals surface area (Å²) < 4.78 is 65.4. The van der Waals surface area contributed by atoms with Crippen LogP contribution in [0, 0.1) is 5.41 Å². The summed E-state index contributed by atoms with van der Waals surface area (Å²) in [6.07, 6.45) is -3.52. The van der Waals surface area contributed by atoms with Crippen molar-refractivity contribution in [2.24, 2.45) is 5.73 Å². The van der Waals surface area contributed by atoms with E-state index in [0.29, 0.717) is 28.1 Å². The highest BCUT2D eigenvalue weighted by Crippen LogP contribution is 2.33. The van der Waals surface area contributed by atoms with E-state index >= 15 is 0 Å². The minimum Gasteiger partial charge on any atom is -0.384 e. The molecule has 2 amide bonds. The molecule has 0 aromatic heterocycles. The zero-order chi connectivity index (χ0) is 29.8. The van der Waals surface area contributed by atoms with Crippen LogP contribution in [0.5, 0.6) is 0 Å². The molecule has 0 atom stereocenters. The Morgan fingerprint density at radius 3 is 2.22 bits per heavy atom. The van der Waals surface area contributed by atoms with Gasteiger partial charge in [-0.2, -0.15) is 13.2 Å². The summed E-state index contributed by atoms with van der Waals surface area (Å²) in [6, 6.07) is 23.3. The molecule has 4 aromatic carbocycles. The molecule has 0 unspecified atom stereocenters. The van der Waals surface area contributed by atoms with Crippen molar-refractivity contribution in [2.45, 2.75) is 17.6 Å². The van der Waals surface area contributed by atoms with Gasteiger partial charge in [0.05, 0.1) is 22.7 Å². The molecule has 0 aliphatic rings. The van der Waals surface area contributed by atoms with Crippen LogP contribution in [-0.4, -0.2) is 31.5 Å². The highest BCUT2D eigenvalue weighted by atomic mass is 32.2. The maximum atomic E-state index is 13.7. The van der Waals surface area contributed by atoms with E-state index in [2.05, 4.69) is 10.7 Å². The third kappa shape index (κ3) is 7.22. The molecule has 0 aliphatic heterocycles. The van der Waals surface area contributed by atoms with Crippen LogP contribution in [0.25, 0.3) is 11.1 Å². The van der Waals surface area contributed by atoms with Crippen LogP contribution in [0.2, 0.25) is 0 Å². The van der Waals surface area contributed by atoms with Gasteiger partial charge in [0.2, 0.25) is 0 Å². The SMILES string of the molecule is CS(=O)(=O)c1ccccc1-c1ccc(NC(=O)N(Cc2ccccc2C(F)(F)F)Nc2cccc(C(=N)N)c2)cc1. The average Bonchev–Trinajstić information content (AvgIpc) is 2.92. The number of urea groups is 1. The summed E-state index contributed by atoms with van der Waals surface area (Å²) in [6.45, 7) is -0.453. The number of rotatable bonds is 8. The molecule has 0 bridgehead atoms. The minimum atomic E-state index is -4.63. The molecule has 4 aromatic rings. The van der Waals surface area contributed by atoms with E-state index in [0.717, 1.165) is 17.3 Å². The van der Waals surface area contributed by atoms with Gasteiger partial charge in [-0.05, 0) is 47.5 Å². The summed E-state index contributed by atoms with van der Waals surface area (Å²) in [5.74, 6) is -0.218. The number of carbonyl (C=O) groups excluding carboxylic acids is 1. The van der Waals surface area contributed by atoms with Crippen LogP contribution in [0.4, 0.5) is 29.3 Å². The molecule has 212 valence electrons. The molecule has 0 aliphatic carbocycles. The number of carbonyl (C=O) groups is 1. The van der Waals surface area contributed by atoms with Crippen LogP contribution in [0.3, 0.4) is 0 Å². The van der Waals surface area contributed by atoms with Crippen LogP contribution in [-0.2, 0) is 22.6 Å². The summed E-state index contributed by atoms with van der Waals surface area (Å²) >= 11 is 0. The molecule has 4 rings (SSSR count). The Morgan fingerprint density at radius 1 is 0.902 bits per heavy atom. The van der Waals surface area contributed by atoms with Crippen molar-refractivity contribution < 1.29 is 26.4 Å². The van der Waals surface area contributed by atoms with E-state index in [9.17, 15) is 26.4 Å². The van der Waals surface area contributed by atoms with Crippen LogP contribution < -0.4 is 16.5 Å². The number of hydrazine groups is 1. The number of nitrogens with two attached hydrogens (primary N) is 1. The zero-order valence-corrected chi connectivity index (χ0v) is 22.6. The van der Waals surface area contributed by atoms with Crippen molar-refractivity contribution >= 4 is 33.1 Å². The topological polar surface area (TPSA) is 128 Å². The summed E-state index contributed by atoms with van der Waals surface area (Å²) in [4.78, 5) is 13.5. The summed E-state index contributed by atoms with van der Waals surface area (Å²) in [7, 11) is -3.49. The van der Waals surface area contributed by atoms with Crippen LogP contribution in [0.15, 0.2) is 102 Å². The van der Waals surface area contributed by atoms with E-state index in [1.807, 2.05) is 0 Å². The number of alkyl halides is 3. The van der Waals surface area contributed by atoms with E-state index in [1.165, 1.54) is 30.3 Å². The number of nitrogen functional groups attached to an aromatic ring is 1. The van der Waals surface area contributed by atoms with Crippen molar-refractivity contribution in [1.29, 1.82) is 5.41 Å². The zero-order valence-electron chi connectivity index (χ0n) is 21.7. The van der Waals surface area contributed by atoms with E-state index in [-0.39, 0.29) is 16.3 Å². The van der Waals surface area contributed by atoms with Gasteiger partial charge in [-0.3, -0.25) is 10.8 Å². The molecule has 0 heterocycles. The van der Waals surface area contributed by atoms with Gasteiger partial charge in [0.1, 0.15) is 5.84 Å². The molecular weight excluding hydrogens is 555 g/mol. The molecule has 0 radical (unpaired) electrons. The van der Waals surface area contributed by atoms with Gasteiger partial charge in [0, 0.05) is 23.1 Å². The molecule has 0 spiro atoms. The van der Waals surface area contributed by atoms with Gasteiger partial charge < -0.3 is 11.1 Å². The van der Waals surface area contributed by atoms with Crippen molar-refractivity contribution in [3.63, 3.8) is 0 Å². The van der Waals surface area contributed by atoms with Gasteiger partial charge in [-0.25, -0.2) is 18.2 Å². The predicted octanol–water partition coefficient (Wildman–Crippen LogP) is 6.12. The van der Waals surface area contributed by atoms with Gasteiger partial charge in [0.15, 0.2) is 9.84 Å². The Bertz CT molecular complexity index is 1690. The highest BCUT2D eigenvalue weighted by Gasteiger charge is 2.33. The van der Waals surface area contributed by atoms with Crippen LogP contribution >= 0.6 is 0 Å². The molecule has 5 N–H and O–H groups in total. The third-order valence-corrected chi connectivity index (χ3v) is 7.22. The standard InChI is InChI=1S/C29H26F3N5O3S/c1-41(39,40)26-12-5-3-10-24(26)19-13-15-22(16-14-19)35-28(38)37(36-23-9-6-8-20(17-23)27(33)34)18-21-7-2-4-11-25(21)29(30,31)32/h2-17,36H,18H2,1H3,(H3,33,34)(H,35,38). The first kappa shape index (κ1) is 29.2. The van der Waals surface area contributed by atoms with E-state index < -0.39 is 34.2 Å². The Labute approximate surface area is 235 Å². The Balaban J connectivity index is 1.63. The predicted molar refractivity (Wildman–Crippen MR) is 152 cm³/mol. The quantitative estimate of drug-likeness (QED) is 0.113. The van der Waals surface area contributed by atoms with Crippen LogP contribution in [0.1, 0.15) is 16.7 Å². The number of hydrogen-bond donors (Lipinski definition) is 4. The Morgan fingerprint density at radius 2 is 1.56 bits per heavy atom. The highest BCUT2D eigenvalue weighted by molar-refractivity contribution is 7.90. The summed E-state index contributed by atoms with van der Waals surface area (Å²) in [5.41, 5.74) is 9.44. The average molecular weight is 582 g/mol. The lowest BCUT2D eigenvalue weighted by Crippen LogP contribution is -2.39. The lowest BCUT2D eigenvalue weighted by molar-refractivity contribution is -0.138. The first-order chi connectivity index (χ1) is 19.3. The van der Waals surface area contributed by atoms with Crippen molar-refractivity contribution in [3.8, 4) is 11.1 Å². The van der Waals surface area contributed by atoms with E-state index in [1.54, 1.807) is 60.7 Å². The molecule has 12 heteroatoms. The number of hydrogen-bond acceptors (Lipinski definition) is 5. The van der Waals surface area contributed by atoms with Crippen molar-refractivity contribution in [2.75, 3.05) is 17.0 Å².